The van der Waals surface area contributed by atoms with E-state index in [9.17, 15) is 4.79 Å². The lowest BCUT2D eigenvalue weighted by Crippen LogP contribution is -2.32. The highest BCUT2D eigenvalue weighted by Crippen LogP contribution is 2.20. The minimum absolute atomic E-state index is 0.0560. The van der Waals surface area contributed by atoms with Crippen LogP contribution in [0, 0.1) is 0 Å². The van der Waals surface area contributed by atoms with Crippen LogP contribution < -0.4 is 10.1 Å². The van der Waals surface area contributed by atoms with E-state index in [0.717, 1.165) is 24.2 Å². The number of hydrogen-bond acceptors (Lipinski definition) is 5. The number of aryl methyl sites for hydroxylation is 2. The summed E-state index contributed by atoms with van der Waals surface area (Å²) < 4.78 is 10.5. The van der Waals surface area contributed by atoms with Gasteiger partial charge in [-0.2, -0.15) is 4.98 Å². The molecule has 6 nitrogen and oxygen atoms in total. The first-order valence-corrected chi connectivity index (χ1v) is 9.94. The Hall–Kier alpha value is -3.15. The van der Waals surface area contributed by atoms with Gasteiger partial charge in [-0.15, -0.1) is 0 Å². The number of rotatable bonds is 10. The second kappa shape index (κ2) is 10.4. The van der Waals surface area contributed by atoms with E-state index in [1.807, 2.05) is 49.4 Å². The number of amides is 1. The van der Waals surface area contributed by atoms with Crippen LogP contribution in [0.15, 0.2) is 59.1 Å². The summed E-state index contributed by atoms with van der Waals surface area (Å²) in [5.41, 5.74) is 2.16. The van der Waals surface area contributed by atoms with E-state index in [1.165, 1.54) is 5.56 Å². The molecule has 1 unspecified atom stereocenters. The molecule has 1 atom stereocenters. The van der Waals surface area contributed by atoms with E-state index >= 15 is 0 Å². The average molecular weight is 393 g/mol. The highest BCUT2D eigenvalue weighted by Gasteiger charge is 2.11. The fourth-order valence-corrected chi connectivity index (χ4v) is 3.06. The maximum atomic E-state index is 12.2. The lowest BCUT2D eigenvalue weighted by atomic mass is 10.1. The van der Waals surface area contributed by atoms with Crippen molar-refractivity contribution >= 4 is 5.91 Å². The molecule has 1 N–H and O–H groups in total. The fraction of sp³-hybridized carbons (Fsp3) is 0.348. The van der Waals surface area contributed by atoms with E-state index in [1.54, 1.807) is 7.11 Å². The van der Waals surface area contributed by atoms with Crippen LogP contribution in [0.25, 0.3) is 11.4 Å². The van der Waals surface area contributed by atoms with Gasteiger partial charge in [-0.3, -0.25) is 4.79 Å². The quantitative estimate of drug-likeness (QED) is 0.558. The topological polar surface area (TPSA) is 77.2 Å². The molecule has 2 aromatic carbocycles. The van der Waals surface area contributed by atoms with Gasteiger partial charge in [0.05, 0.1) is 7.11 Å². The molecule has 1 heterocycles. The summed E-state index contributed by atoms with van der Waals surface area (Å²) in [5.74, 6) is 1.92. The summed E-state index contributed by atoms with van der Waals surface area (Å²) in [7, 11) is 1.63. The molecule has 29 heavy (non-hydrogen) atoms. The van der Waals surface area contributed by atoms with Crippen molar-refractivity contribution in [2.45, 2.75) is 45.1 Å². The minimum atomic E-state index is 0.0560. The van der Waals surface area contributed by atoms with Crippen molar-refractivity contribution in [1.29, 1.82) is 0 Å². The third kappa shape index (κ3) is 6.45. The highest BCUT2D eigenvalue weighted by atomic mass is 16.5. The Morgan fingerprint density at radius 3 is 2.59 bits per heavy atom. The smallest absolute Gasteiger partial charge is 0.226 e. The van der Waals surface area contributed by atoms with E-state index < -0.39 is 0 Å². The summed E-state index contributed by atoms with van der Waals surface area (Å²) in [6, 6.07) is 17.9. The SMILES string of the molecule is COc1ccc(-c2noc(CCCC(=O)NC(C)CCc3ccccc3)n2)cc1. The lowest BCUT2D eigenvalue weighted by molar-refractivity contribution is -0.121. The third-order valence-corrected chi connectivity index (χ3v) is 4.73. The fourth-order valence-electron chi connectivity index (χ4n) is 3.06. The van der Waals surface area contributed by atoms with Gasteiger partial charge in [0.1, 0.15) is 5.75 Å². The van der Waals surface area contributed by atoms with Gasteiger partial charge in [-0.05, 0) is 56.0 Å². The van der Waals surface area contributed by atoms with Crippen LogP contribution in [0.3, 0.4) is 0 Å². The number of ether oxygens (including phenoxy) is 1. The number of aromatic nitrogens is 2. The molecular weight excluding hydrogens is 366 g/mol. The number of carbonyl (C=O) groups excluding carboxylic acids is 1. The minimum Gasteiger partial charge on any atom is -0.497 e. The van der Waals surface area contributed by atoms with Crippen molar-refractivity contribution in [3.05, 3.63) is 66.1 Å². The van der Waals surface area contributed by atoms with Crippen LogP contribution in [0.5, 0.6) is 5.75 Å². The number of carbonyl (C=O) groups is 1. The largest absolute Gasteiger partial charge is 0.497 e. The molecule has 3 aromatic rings. The monoisotopic (exact) mass is 393 g/mol. The van der Waals surface area contributed by atoms with Crippen molar-refractivity contribution < 1.29 is 14.1 Å². The highest BCUT2D eigenvalue weighted by molar-refractivity contribution is 5.76. The summed E-state index contributed by atoms with van der Waals surface area (Å²) in [4.78, 5) is 16.6. The first-order chi connectivity index (χ1) is 14.1. The molecular formula is C23H27N3O3. The molecule has 0 radical (unpaired) electrons. The van der Waals surface area contributed by atoms with Crippen LogP contribution in [-0.4, -0.2) is 29.2 Å². The second-order valence-corrected chi connectivity index (χ2v) is 7.09. The van der Waals surface area contributed by atoms with Crippen molar-refractivity contribution in [3.8, 4) is 17.1 Å². The Labute approximate surface area is 171 Å². The Morgan fingerprint density at radius 2 is 1.86 bits per heavy atom. The van der Waals surface area contributed by atoms with Crippen molar-refractivity contribution in [3.63, 3.8) is 0 Å². The average Bonchev–Trinajstić information content (AvgIpc) is 3.22. The molecule has 0 saturated heterocycles. The Bertz CT molecular complexity index is 891. The Balaban J connectivity index is 1.38. The molecule has 1 aromatic heterocycles. The summed E-state index contributed by atoms with van der Waals surface area (Å²) in [6.45, 7) is 2.04. The number of benzene rings is 2. The summed E-state index contributed by atoms with van der Waals surface area (Å²) in [6.07, 6.45) is 3.56. The van der Waals surface area contributed by atoms with Gasteiger partial charge < -0.3 is 14.6 Å². The predicted octanol–water partition coefficient (Wildman–Crippen LogP) is 4.21. The number of hydrogen-bond donors (Lipinski definition) is 1. The van der Waals surface area contributed by atoms with E-state index in [2.05, 4.69) is 27.6 Å². The number of nitrogens with zero attached hydrogens (tertiary/aromatic N) is 2. The maximum absolute atomic E-state index is 12.2. The maximum Gasteiger partial charge on any atom is 0.226 e. The van der Waals surface area contributed by atoms with Crippen LogP contribution in [-0.2, 0) is 17.6 Å². The van der Waals surface area contributed by atoms with Crippen molar-refractivity contribution in [1.82, 2.24) is 15.5 Å². The van der Waals surface area contributed by atoms with E-state index in [-0.39, 0.29) is 11.9 Å². The van der Waals surface area contributed by atoms with Crippen LogP contribution in [0.2, 0.25) is 0 Å². The van der Waals surface area contributed by atoms with Crippen LogP contribution in [0.4, 0.5) is 0 Å². The van der Waals surface area contributed by atoms with Gasteiger partial charge in [0.15, 0.2) is 0 Å². The molecule has 3 rings (SSSR count). The van der Waals surface area contributed by atoms with Gasteiger partial charge >= 0.3 is 0 Å². The molecule has 0 aliphatic heterocycles. The third-order valence-electron chi connectivity index (χ3n) is 4.73. The zero-order valence-electron chi connectivity index (χ0n) is 16.9. The zero-order chi connectivity index (χ0) is 20.5. The standard InChI is InChI=1S/C23H27N3O3/c1-17(11-12-18-7-4-3-5-8-18)24-21(27)9-6-10-22-25-23(26-29-22)19-13-15-20(28-2)16-14-19/h3-5,7-8,13-17H,6,9-12H2,1-2H3,(H,24,27). The molecule has 0 spiro atoms. The van der Waals surface area contributed by atoms with Gasteiger partial charge in [0, 0.05) is 24.4 Å². The van der Waals surface area contributed by atoms with Crippen molar-refractivity contribution in [2.75, 3.05) is 7.11 Å². The van der Waals surface area contributed by atoms with E-state index in [4.69, 9.17) is 9.26 Å². The number of methoxy groups -OCH3 is 1. The van der Waals surface area contributed by atoms with Gasteiger partial charge in [-0.25, -0.2) is 0 Å². The van der Waals surface area contributed by atoms with Gasteiger partial charge in [0.2, 0.25) is 17.6 Å². The molecule has 1 amide bonds. The first kappa shape index (κ1) is 20.6. The normalized spacial score (nSPS) is 11.8. The van der Waals surface area contributed by atoms with Crippen LogP contribution >= 0.6 is 0 Å². The first-order valence-electron chi connectivity index (χ1n) is 9.94. The second-order valence-electron chi connectivity index (χ2n) is 7.09. The lowest BCUT2D eigenvalue weighted by Gasteiger charge is -2.13. The molecule has 0 fully saturated rings. The summed E-state index contributed by atoms with van der Waals surface area (Å²) >= 11 is 0. The molecule has 0 aliphatic rings. The molecule has 6 heteroatoms. The van der Waals surface area contributed by atoms with Gasteiger partial charge in [-0.1, -0.05) is 35.5 Å². The summed E-state index contributed by atoms with van der Waals surface area (Å²) in [5, 5.41) is 7.07. The molecule has 152 valence electrons. The van der Waals surface area contributed by atoms with Crippen molar-refractivity contribution in [2.24, 2.45) is 0 Å². The van der Waals surface area contributed by atoms with Crippen LogP contribution in [0.1, 0.15) is 37.6 Å². The molecule has 0 bridgehead atoms. The Kier molecular flexibility index (Phi) is 7.39. The molecule has 0 aliphatic carbocycles. The Morgan fingerprint density at radius 1 is 1.10 bits per heavy atom. The molecule has 0 saturated carbocycles. The van der Waals surface area contributed by atoms with E-state index in [0.29, 0.717) is 31.0 Å². The number of nitrogens with one attached hydrogen (secondary N) is 1. The zero-order valence-corrected chi connectivity index (χ0v) is 16.9. The van der Waals surface area contributed by atoms with Gasteiger partial charge in [0.25, 0.3) is 0 Å². The predicted molar refractivity (Wildman–Crippen MR) is 112 cm³/mol.